The summed E-state index contributed by atoms with van der Waals surface area (Å²) in [5, 5.41) is 10.4. The van der Waals surface area contributed by atoms with Crippen LogP contribution in [0.3, 0.4) is 0 Å². The first-order valence-corrected chi connectivity index (χ1v) is 7.61. The van der Waals surface area contributed by atoms with Crippen LogP contribution in [0.4, 0.5) is 0 Å². The monoisotopic (exact) mass is 370 g/mol. The molecule has 1 N–H and O–H groups in total. The van der Waals surface area contributed by atoms with Crippen molar-refractivity contribution in [2.75, 3.05) is 7.11 Å². The lowest BCUT2D eigenvalue weighted by atomic mass is 10.1. The Morgan fingerprint density at radius 3 is 2.67 bits per heavy atom. The van der Waals surface area contributed by atoms with Gasteiger partial charge in [-0.2, -0.15) is 0 Å². The number of methoxy groups -OCH3 is 1. The SMILES string of the molecule is COc1ccc(Br)c(COc2ccc(Cl)cc2[C@@H](C)O)c1. The van der Waals surface area contributed by atoms with Gasteiger partial charge in [-0.1, -0.05) is 27.5 Å². The van der Waals surface area contributed by atoms with Crippen LogP contribution in [-0.2, 0) is 6.61 Å². The molecule has 2 aromatic carbocycles. The van der Waals surface area contributed by atoms with Gasteiger partial charge in [-0.05, 0) is 43.3 Å². The molecule has 0 heterocycles. The van der Waals surface area contributed by atoms with Crippen molar-refractivity contribution in [3.63, 3.8) is 0 Å². The summed E-state index contributed by atoms with van der Waals surface area (Å²) >= 11 is 9.44. The summed E-state index contributed by atoms with van der Waals surface area (Å²) in [5.74, 6) is 1.38. The van der Waals surface area contributed by atoms with E-state index < -0.39 is 6.10 Å². The topological polar surface area (TPSA) is 38.7 Å². The van der Waals surface area contributed by atoms with Gasteiger partial charge in [0.25, 0.3) is 0 Å². The molecule has 2 rings (SSSR count). The lowest BCUT2D eigenvalue weighted by Crippen LogP contribution is -2.02. The Bertz CT molecular complexity index is 629. The van der Waals surface area contributed by atoms with Crippen molar-refractivity contribution in [2.45, 2.75) is 19.6 Å². The van der Waals surface area contributed by atoms with Crippen LogP contribution in [0.2, 0.25) is 5.02 Å². The Hall–Kier alpha value is -1.23. The zero-order valence-electron chi connectivity index (χ0n) is 11.8. The zero-order chi connectivity index (χ0) is 15.4. The summed E-state index contributed by atoms with van der Waals surface area (Å²) in [7, 11) is 1.62. The minimum Gasteiger partial charge on any atom is -0.497 e. The first-order chi connectivity index (χ1) is 10.0. The predicted octanol–water partition coefficient (Wildman–Crippen LogP) is 4.74. The molecule has 0 unspecified atom stereocenters. The van der Waals surface area contributed by atoms with E-state index in [1.165, 1.54) is 0 Å². The van der Waals surface area contributed by atoms with Crippen molar-refractivity contribution < 1.29 is 14.6 Å². The highest BCUT2D eigenvalue weighted by molar-refractivity contribution is 9.10. The molecule has 0 spiro atoms. The van der Waals surface area contributed by atoms with Crippen molar-refractivity contribution in [1.29, 1.82) is 0 Å². The van der Waals surface area contributed by atoms with E-state index in [1.807, 2.05) is 18.2 Å². The number of benzene rings is 2. The molecule has 0 amide bonds. The van der Waals surface area contributed by atoms with E-state index in [1.54, 1.807) is 32.2 Å². The molecule has 0 aliphatic rings. The summed E-state index contributed by atoms with van der Waals surface area (Å²) in [5.41, 5.74) is 1.63. The fourth-order valence-corrected chi connectivity index (χ4v) is 2.46. The molecule has 0 radical (unpaired) electrons. The molecule has 5 heteroatoms. The number of aliphatic hydroxyl groups excluding tert-OH is 1. The van der Waals surface area contributed by atoms with Crippen LogP contribution in [0.5, 0.6) is 11.5 Å². The number of hydrogen-bond donors (Lipinski definition) is 1. The van der Waals surface area contributed by atoms with Crippen LogP contribution in [-0.4, -0.2) is 12.2 Å². The van der Waals surface area contributed by atoms with Gasteiger partial charge in [0.1, 0.15) is 18.1 Å². The second-order valence-corrected chi connectivity index (χ2v) is 5.89. The first kappa shape index (κ1) is 16.1. The van der Waals surface area contributed by atoms with Crippen molar-refractivity contribution in [2.24, 2.45) is 0 Å². The minimum absolute atomic E-state index is 0.360. The van der Waals surface area contributed by atoms with E-state index >= 15 is 0 Å². The number of hydrogen-bond acceptors (Lipinski definition) is 3. The van der Waals surface area contributed by atoms with Gasteiger partial charge in [-0.3, -0.25) is 0 Å². The summed E-state index contributed by atoms with van der Waals surface area (Å²) in [4.78, 5) is 0. The summed E-state index contributed by atoms with van der Waals surface area (Å²) < 4.78 is 12.0. The molecular formula is C16H16BrClO3. The van der Waals surface area contributed by atoms with Gasteiger partial charge in [0, 0.05) is 20.6 Å². The third-order valence-electron chi connectivity index (χ3n) is 3.06. The molecule has 0 saturated carbocycles. The molecule has 0 saturated heterocycles. The lowest BCUT2D eigenvalue weighted by molar-refractivity contribution is 0.190. The van der Waals surface area contributed by atoms with E-state index in [0.717, 1.165) is 15.8 Å². The fourth-order valence-electron chi connectivity index (χ4n) is 1.92. The molecule has 21 heavy (non-hydrogen) atoms. The van der Waals surface area contributed by atoms with Crippen LogP contribution < -0.4 is 9.47 Å². The second-order valence-electron chi connectivity index (χ2n) is 4.60. The lowest BCUT2D eigenvalue weighted by Gasteiger charge is -2.15. The van der Waals surface area contributed by atoms with E-state index in [0.29, 0.717) is 22.9 Å². The zero-order valence-corrected chi connectivity index (χ0v) is 14.1. The van der Waals surface area contributed by atoms with Crippen LogP contribution >= 0.6 is 27.5 Å². The normalized spacial score (nSPS) is 12.0. The van der Waals surface area contributed by atoms with Crippen molar-refractivity contribution in [3.8, 4) is 11.5 Å². The van der Waals surface area contributed by atoms with Crippen molar-refractivity contribution in [1.82, 2.24) is 0 Å². The molecular weight excluding hydrogens is 356 g/mol. The van der Waals surface area contributed by atoms with Crippen LogP contribution in [0.25, 0.3) is 0 Å². The number of rotatable bonds is 5. The van der Waals surface area contributed by atoms with Crippen LogP contribution in [0.1, 0.15) is 24.2 Å². The van der Waals surface area contributed by atoms with Gasteiger partial charge in [-0.25, -0.2) is 0 Å². The number of halogens is 2. The maximum absolute atomic E-state index is 9.80. The molecule has 1 atom stereocenters. The minimum atomic E-state index is -0.646. The van der Waals surface area contributed by atoms with Gasteiger partial charge < -0.3 is 14.6 Å². The molecule has 0 aliphatic heterocycles. The predicted molar refractivity (Wildman–Crippen MR) is 87.1 cm³/mol. The largest absolute Gasteiger partial charge is 0.497 e. The molecule has 0 aliphatic carbocycles. The Morgan fingerprint density at radius 2 is 2.00 bits per heavy atom. The summed E-state index contributed by atoms with van der Waals surface area (Å²) in [6.07, 6.45) is -0.646. The van der Waals surface area contributed by atoms with E-state index in [9.17, 15) is 5.11 Å². The average molecular weight is 372 g/mol. The molecule has 2 aromatic rings. The van der Waals surface area contributed by atoms with Gasteiger partial charge >= 0.3 is 0 Å². The highest BCUT2D eigenvalue weighted by Gasteiger charge is 2.11. The smallest absolute Gasteiger partial charge is 0.125 e. The first-order valence-electron chi connectivity index (χ1n) is 6.44. The Balaban J connectivity index is 2.20. The Morgan fingerprint density at radius 1 is 1.24 bits per heavy atom. The number of aliphatic hydroxyl groups is 1. The van der Waals surface area contributed by atoms with Crippen LogP contribution in [0.15, 0.2) is 40.9 Å². The highest BCUT2D eigenvalue weighted by atomic mass is 79.9. The summed E-state index contributed by atoms with van der Waals surface area (Å²) in [6, 6.07) is 10.9. The molecule has 0 aromatic heterocycles. The van der Waals surface area contributed by atoms with E-state index in [-0.39, 0.29) is 0 Å². The number of ether oxygens (including phenoxy) is 2. The molecule has 112 valence electrons. The molecule has 3 nitrogen and oxygen atoms in total. The Kier molecular flexibility index (Phi) is 5.51. The standard InChI is InChI=1S/C16H16BrClO3/c1-10(19)14-8-12(18)3-6-16(14)21-9-11-7-13(20-2)4-5-15(11)17/h3-8,10,19H,9H2,1-2H3/t10-/m1/s1. The maximum Gasteiger partial charge on any atom is 0.125 e. The average Bonchev–Trinajstić information content (AvgIpc) is 2.47. The summed E-state index contributed by atoms with van der Waals surface area (Å²) in [6.45, 7) is 2.04. The van der Waals surface area contributed by atoms with Gasteiger partial charge in [0.15, 0.2) is 0 Å². The van der Waals surface area contributed by atoms with Gasteiger partial charge in [-0.15, -0.1) is 0 Å². The van der Waals surface area contributed by atoms with Crippen molar-refractivity contribution >= 4 is 27.5 Å². The van der Waals surface area contributed by atoms with Crippen molar-refractivity contribution in [3.05, 3.63) is 57.0 Å². The highest BCUT2D eigenvalue weighted by Crippen LogP contribution is 2.30. The second kappa shape index (κ2) is 7.16. The third kappa shape index (κ3) is 4.13. The Labute approximate surface area is 137 Å². The quantitative estimate of drug-likeness (QED) is 0.825. The fraction of sp³-hybridized carbons (Fsp3) is 0.250. The molecule has 0 bridgehead atoms. The van der Waals surface area contributed by atoms with E-state index in [2.05, 4.69) is 15.9 Å². The van der Waals surface area contributed by atoms with Gasteiger partial charge in [0.05, 0.1) is 13.2 Å². The van der Waals surface area contributed by atoms with E-state index in [4.69, 9.17) is 21.1 Å². The third-order valence-corrected chi connectivity index (χ3v) is 4.07. The van der Waals surface area contributed by atoms with Crippen LogP contribution in [0, 0.1) is 0 Å². The molecule has 0 fully saturated rings. The maximum atomic E-state index is 9.80. The van der Waals surface area contributed by atoms with Gasteiger partial charge in [0.2, 0.25) is 0 Å².